The highest BCUT2D eigenvalue weighted by atomic mass is 32.2. The summed E-state index contributed by atoms with van der Waals surface area (Å²) < 4.78 is 28.9. The number of hydrogen-bond acceptors (Lipinski definition) is 5. The van der Waals surface area contributed by atoms with Crippen LogP contribution in [-0.2, 0) is 14.6 Å². The van der Waals surface area contributed by atoms with Gasteiger partial charge in [0.05, 0.1) is 18.1 Å². The predicted molar refractivity (Wildman–Crippen MR) is 64.7 cm³/mol. The second-order valence-electron chi connectivity index (χ2n) is 5.44. The second kappa shape index (κ2) is 4.19. The Hall–Kier alpha value is -0.170. The highest BCUT2D eigenvalue weighted by Gasteiger charge is 2.50. The second-order valence-corrected chi connectivity index (χ2v) is 7.74. The van der Waals surface area contributed by atoms with Crippen LogP contribution in [0.2, 0.25) is 0 Å². The van der Waals surface area contributed by atoms with Crippen molar-refractivity contribution in [2.24, 2.45) is 5.92 Å². The van der Waals surface area contributed by atoms with E-state index in [1.54, 1.807) is 0 Å². The molecular weight excluding hydrogens is 240 g/mol. The topological polar surface area (TPSA) is 67.4 Å². The van der Waals surface area contributed by atoms with Crippen molar-refractivity contribution in [1.29, 1.82) is 0 Å². The summed E-state index contributed by atoms with van der Waals surface area (Å²) in [5.41, 5.74) is -0.0655. The van der Waals surface area contributed by atoms with Crippen LogP contribution in [0.4, 0.5) is 0 Å². The standard InChI is InChI=1S/C11H20N2O3S/c14-17(15)5-1-9(2-6-17)10-11(7-12-8-11)16-4-3-13-10/h9-10,12-13H,1-8H2. The lowest BCUT2D eigenvalue weighted by Crippen LogP contribution is -2.75. The van der Waals surface area contributed by atoms with E-state index < -0.39 is 9.84 Å². The van der Waals surface area contributed by atoms with E-state index in [0.29, 0.717) is 23.5 Å². The molecule has 3 rings (SSSR count). The maximum atomic E-state index is 11.5. The van der Waals surface area contributed by atoms with Crippen molar-refractivity contribution in [2.45, 2.75) is 24.5 Å². The monoisotopic (exact) mass is 260 g/mol. The lowest BCUT2D eigenvalue weighted by Gasteiger charge is -2.53. The molecule has 0 aliphatic carbocycles. The van der Waals surface area contributed by atoms with Crippen LogP contribution in [0.1, 0.15) is 12.8 Å². The van der Waals surface area contributed by atoms with Crippen LogP contribution in [0.15, 0.2) is 0 Å². The van der Waals surface area contributed by atoms with Gasteiger partial charge < -0.3 is 15.4 Å². The van der Waals surface area contributed by atoms with Crippen LogP contribution in [0.5, 0.6) is 0 Å². The zero-order chi connectivity index (χ0) is 11.9. The summed E-state index contributed by atoms with van der Waals surface area (Å²) in [5.74, 6) is 1.14. The number of sulfone groups is 1. The lowest BCUT2D eigenvalue weighted by molar-refractivity contribution is -0.140. The molecule has 17 heavy (non-hydrogen) atoms. The molecule has 2 N–H and O–H groups in total. The van der Waals surface area contributed by atoms with Gasteiger partial charge in [0.15, 0.2) is 0 Å². The molecule has 0 saturated carbocycles. The molecule has 1 unspecified atom stereocenters. The van der Waals surface area contributed by atoms with Gasteiger partial charge in [-0.3, -0.25) is 0 Å². The predicted octanol–water partition coefficient (Wildman–Crippen LogP) is -0.858. The van der Waals surface area contributed by atoms with Gasteiger partial charge >= 0.3 is 0 Å². The van der Waals surface area contributed by atoms with E-state index >= 15 is 0 Å². The maximum absolute atomic E-state index is 11.5. The molecule has 1 atom stereocenters. The molecule has 5 nitrogen and oxygen atoms in total. The summed E-state index contributed by atoms with van der Waals surface area (Å²) >= 11 is 0. The van der Waals surface area contributed by atoms with Crippen LogP contribution in [0, 0.1) is 5.92 Å². The van der Waals surface area contributed by atoms with Crippen molar-refractivity contribution < 1.29 is 13.2 Å². The molecule has 98 valence electrons. The Morgan fingerprint density at radius 3 is 2.47 bits per heavy atom. The lowest BCUT2D eigenvalue weighted by atomic mass is 9.77. The average Bonchev–Trinajstić information content (AvgIpc) is 2.27. The normalized spacial score (nSPS) is 36.6. The third-order valence-electron chi connectivity index (χ3n) is 4.34. The number of rotatable bonds is 1. The molecule has 0 aromatic carbocycles. The largest absolute Gasteiger partial charge is 0.369 e. The third-order valence-corrected chi connectivity index (χ3v) is 6.06. The van der Waals surface area contributed by atoms with E-state index in [1.807, 2.05) is 0 Å². The van der Waals surface area contributed by atoms with Crippen LogP contribution in [0.3, 0.4) is 0 Å². The quantitative estimate of drug-likeness (QED) is 0.642. The van der Waals surface area contributed by atoms with Crippen molar-refractivity contribution in [2.75, 3.05) is 37.7 Å². The van der Waals surface area contributed by atoms with Crippen LogP contribution < -0.4 is 10.6 Å². The third kappa shape index (κ3) is 2.12. The summed E-state index contributed by atoms with van der Waals surface area (Å²) in [6.45, 7) is 3.45. The van der Waals surface area contributed by atoms with Crippen LogP contribution in [-0.4, -0.2) is 57.8 Å². The summed E-state index contributed by atoms with van der Waals surface area (Å²) in [5, 5.41) is 6.82. The summed E-state index contributed by atoms with van der Waals surface area (Å²) in [4.78, 5) is 0. The molecule has 0 aromatic rings. The Labute approximate surface area is 102 Å². The van der Waals surface area contributed by atoms with Gasteiger partial charge in [-0.15, -0.1) is 0 Å². The summed E-state index contributed by atoms with van der Waals surface area (Å²) in [6.07, 6.45) is 1.57. The minimum absolute atomic E-state index is 0.0655. The Balaban J connectivity index is 1.71. The zero-order valence-corrected chi connectivity index (χ0v) is 10.8. The number of nitrogens with one attached hydrogen (secondary N) is 2. The number of morpholine rings is 1. The van der Waals surface area contributed by atoms with E-state index in [0.717, 1.165) is 39.1 Å². The maximum Gasteiger partial charge on any atom is 0.150 e. The van der Waals surface area contributed by atoms with Crippen LogP contribution in [0.25, 0.3) is 0 Å². The molecule has 3 aliphatic rings. The fourth-order valence-corrected chi connectivity index (χ4v) is 4.80. The Morgan fingerprint density at radius 2 is 1.88 bits per heavy atom. The molecule has 0 bridgehead atoms. The first kappa shape index (κ1) is 11.9. The van der Waals surface area contributed by atoms with Gasteiger partial charge in [-0.2, -0.15) is 0 Å². The zero-order valence-electron chi connectivity index (χ0n) is 9.94. The molecule has 0 amide bonds. The number of ether oxygens (including phenoxy) is 1. The Morgan fingerprint density at radius 1 is 1.18 bits per heavy atom. The van der Waals surface area contributed by atoms with Gasteiger partial charge in [0.1, 0.15) is 15.4 Å². The van der Waals surface area contributed by atoms with Crippen molar-refractivity contribution in [1.82, 2.24) is 10.6 Å². The van der Waals surface area contributed by atoms with E-state index in [1.165, 1.54) is 0 Å². The molecule has 6 heteroatoms. The Bertz CT molecular complexity index is 378. The van der Waals surface area contributed by atoms with Gasteiger partial charge in [0.25, 0.3) is 0 Å². The molecule has 3 saturated heterocycles. The van der Waals surface area contributed by atoms with E-state index in [2.05, 4.69) is 10.6 Å². The van der Waals surface area contributed by atoms with Gasteiger partial charge in [0, 0.05) is 25.7 Å². The van der Waals surface area contributed by atoms with Crippen molar-refractivity contribution in [3.05, 3.63) is 0 Å². The highest BCUT2D eigenvalue weighted by molar-refractivity contribution is 7.91. The van der Waals surface area contributed by atoms with Gasteiger partial charge in [-0.25, -0.2) is 8.42 Å². The molecule has 1 spiro atoms. The molecule has 3 aliphatic heterocycles. The van der Waals surface area contributed by atoms with Crippen LogP contribution >= 0.6 is 0 Å². The SMILES string of the molecule is O=S1(=O)CCC(C2NCCOC23CNC3)CC1. The van der Waals surface area contributed by atoms with Gasteiger partial charge in [-0.1, -0.05) is 0 Å². The Kier molecular flexibility index (Phi) is 2.93. The van der Waals surface area contributed by atoms with E-state index in [4.69, 9.17) is 4.74 Å². The first-order chi connectivity index (χ1) is 8.11. The van der Waals surface area contributed by atoms with E-state index in [9.17, 15) is 8.42 Å². The first-order valence-electron chi connectivity index (χ1n) is 6.40. The first-order valence-corrected chi connectivity index (χ1v) is 8.22. The highest BCUT2D eigenvalue weighted by Crippen LogP contribution is 2.34. The van der Waals surface area contributed by atoms with Gasteiger partial charge in [0.2, 0.25) is 0 Å². The smallest absolute Gasteiger partial charge is 0.150 e. The van der Waals surface area contributed by atoms with Crippen molar-refractivity contribution >= 4 is 9.84 Å². The van der Waals surface area contributed by atoms with Crippen molar-refractivity contribution in [3.63, 3.8) is 0 Å². The minimum atomic E-state index is -2.76. The fraction of sp³-hybridized carbons (Fsp3) is 1.00. The minimum Gasteiger partial charge on any atom is -0.369 e. The van der Waals surface area contributed by atoms with Gasteiger partial charge in [-0.05, 0) is 18.8 Å². The molecule has 3 heterocycles. The fourth-order valence-electron chi connectivity index (χ4n) is 3.28. The average molecular weight is 260 g/mol. The molecule has 3 fully saturated rings. The molecule has 0 aromatic heterocycles. The molecular formula is C11H20N2O3S. The van der Waals surface area contributed by atoms with Crippen molar-refractivity contribution in [3.8, 4) is 0 Å². The summed E-state index contributed by atoms with van der Waals surface area (Å²) in [6, 6.07) is 0.327. The molecule has 0 radical (unpaired) electrons. The summed E-state index contributed by atoms with van der Waals surface area (Å²) in [7, 11) is -2.76. The van der Waals surface area contributed by atoms with E-state index in [-0.39, 0.29) is 5.60 Å². The number of hydrogen-bond donors (Lipinski definition) is 2.